The fourth-order valence-corrected chi connectivity index (χ4v) is 0.412. The van der Waals surface area contributed by atoms with Crippen molar-refractivity contribution < 1.29 is 0 Å². The first-order valence-electron chi connectivity index (χ1n) is 1.59. The lowest BCUT2D eigenvalue weighted by atomic mass is 10.6. The Hall–Kier alpha value is 0.270. The van der Waals surface area contributed by atoms with Crippen molar-refractivity contribution in [3.8, 4) is 0 Å². The van der Waals surface area contributed by atoms with E-state index in [9.17, 15) is 0 Å². The normalized spacial score (nSPS) is 25.8. The molecule has 1 aliphatic heterocycles. The van der Waals surface area contributed by atoms with E-state index in [2.05, 4.69) is 18.2 Å². The zero-order valence-corrected chi connectivity index (χ0v) is 3.70. The van der Waals surface area contributed by atoms with Gasteiger partial charge in [0.25, 0.3) is 0 Å². The van der Waals surface area contributed by atoms with Crippen LogP contribution in [0.1, 0.15) is 0 Å². The fourth-order valence-electron chi connectivity index (χ4n) is 0.212. The van der Waals surface area contributed by atoms with Crippen LogP contribution in [-0.2, 0) is 0 Å². The highest BCUT2D eigenvalue weighted by molar-refractivity contribution is 7.77. The zero-order valence-electron chi connectivity index (χ0n) is 2.81. The lowest BCUT2D eigenvalue weighted by Gasteiger charge is -2.25. The van der Waals surface area contributed by atoms with Crippen molar-refractivity contribution in [3.05, 3.63) is 0 Å². The third-order valence-electron chi connectivity index (χ3n) is 0.618. The third kappa shape index (κ3) is 0.560. The van der Waals surface area contributed by atoms with E-state index in [0.29, 0.717) is 0 Å². The number of nitrogens with zero attached hydrogens (tertiary/aromatic N) is 1. The maximum absolute atomic E-state index is 3.91. The van der Waals surface area contributed by atoms with E-state index in [1.165, 1.54) is 0 Å². The van der Waals surface area contributed by atoms with Gasteiger partial charge in [0.05, 0.1) is 0 Å². The van der Waals surface area contributed by atoms with E-state index in [1.54, 1.807) is 4.41 Å². The van der Waals surface area contributed by atoms with Crippen molar-refractivity contribution in [1.29, 1.82) is 0 Å². The lowest BCUT2D eigenvalue weighted by Crippen LogP contribution is -2.47. The average molecular weight is 90.2 g/mol. The molecule has 0 atom stereocenters. The molecule has 1 aliphatic rings. The minimum absolute atomic E-state index is 1.07. The Labute approximate surface area is 36.7 Å². The monoisotopic (exact) mass is 90.0 g/mol. The van der Waals surface area contributed by atoms with Gasteiger partial charge >= 0.3 is 0 Å². The molecular weight excluding hydrogens is 84.1 g/mol. The van der Waals surface area contributed by atoms with Crippen molar-refractivity contribution in [2.24, 2.45) is 0 Å². The first kappa shape index (κ1) is 3.46. The molecule has 0 bridgehead atoms. The maximum Gasteiger partial charge on any atom is 0.0381 e. The molecule has 0 aromatic heterocycles. The summed E-state index contributed by atoms with van der Waals surface area (Å²) in [5.74, 6) is 0. The van der Waals surface area contributed by atoms with E-state index < -0.39 is 0 Å². The van der Waals surface area contributed by atoms with Gasteiger partial charge in [-0.05, 0) is 0 Å². The van der Waals surface area contributed by atoms with Crippen LogP contribution in [0.15, 0.2) is 0 Å². The number of thiol groups is 1. The summed E-state index contributed by atoms with van der Waals surface area (Å²) in [4.78, 5) is 0. The van der Waals surface area contributed by atoms with Crippen LogP contribution in [0.25, 0.3) is 0 Å². The van der Waals surface area contributed by atoms with Crippen LogP contribution in [0, 0.1) is 0 Å². The van der Waals surface area contributed by atoms with Gasteiger partial charge in [0, 0.05) is 13.1 Å². The lowest BCUT2D eigenvalue weighted by molar-refractivity contribution is 0.251. The topological polar surface area (TPSA) is 15.3 Å². The first-order chi connectivity index (χ1) is 2.39. The largest absolute Gasteiger partial charge is 0.244 e. The highest BCUT2D eigenvalue weighted by atomic mass is 32.1. The van der Waals surface area contributed by atoms with Gasteiger partial charge in [0.2, 0.25) is 0 Å². The minimum atomic E-state index is 1.07. The summed E-state index contributed by atoms with van der Waals surface area (Å²) < 4.78 is 1.75. The van der Waals surface area contributed by atoms with Crippen molar-refractivity contribution in [1.82, 2.24) is 9.84 Å². The Bertz CT molecular complexity index is 34.6. The van der Waals surface area contributed by atoms with E-state index in [4.69, 9.17) is 0 Å². The van der Waals surface area contributed by atoms with E-state index in [1.807, 2.05) is 0 Å². The molecule has 0 saturated carbocycles. The third-order valence-corrected chi connectivity index (χ3v) is 0.959. The van der Waals surface area contributed by atoms with Crippen molar-refractivity contribution >= 4 is 12.8 Å². The summed E-state index contributed by atoms with van der Waals surface area (Å²) in [5, 5.41) is 0. The molecule has 0 spiro atoms. The molecule has 1 N–H and O–H groups in total. The summed E-state index contributed by atoms with van der Waals surface area (Å²) in [6.45, 7) is 2.16. The number of nitrogens with one attached hydrogen (secondary N) is 1. The molecule has 0 aliphatic carbocycles. The van der Waals surface area contributed by atoms with Gasteiger partial charge in [-0.1, -0.05) is 12.8 Å². The second-order valence-corrected chi connectivity index (χ2v) is 1.51. The Kier molecular flexibility index (Phi) is 0.804. The Morgan fingerprint density at radius 2 is 2.20 bits per heavy atom. The Morgan fingerprint density at radius 3 is 2.20 bits per heavy atom. The molecule has 1 heterocycles. The van der Waals surface area contributed by atoms with Crippen LogP contribution in [0.4, 0.5) is 0 Å². The molecular formula is C2H6N2S. The van der Waals surface area contributed by atoms with Crippen LogP contribution >= 0.6 is 12.8 Å². The fraction of sp³-hybridized carbons (Fsp3) is 1.00. The first-order valence-corrected chi connectivity index (χ1v) is 1.99. The number of rotatable bonds is 0. The maximum atomic E-state index is 3.91. The predicted octanol–water partition coefficient (Wildman–Crippen LogP) is -0.349. The van der Waals surface area contributed by atoms with E-state index >= 15 is 0 Å². The predicted molar refractivity (Wildman–Crippen MR) is 23.7 cm³/mol. The molecule has 1 saturated heterocycles. The van der Waals surface area contributed by atoms with Crippen LogP contribution in [0.3, 0.4) is 0 Å². The van der Waals surface area contributed by atoms with Gasteiger partial charge in [0.15, 0.2) is 0 Å². The van der Waals surface area contributed by atoms with Crippen molar-refractivity contribution in [2.45, 2.75) is 0 Å². The van der Waals surface area contributed by atoms with Crippen molar-refractivity contribution in [3.63, 3.8) is 0 Å². The molecule has 0 aromatic rings. The van der Waals surface area contributed by atoms with Gasteiger partial charge in [0.1, 0.15) is 0 Å². The number of hydrazine groups is 1. The molecule has 0 radical (unpaired) electrons. The smallest absolute Gasteiger partial charge is 0.0381 e. The van der Waals surface area contributed by atoms with Crippen molar-refractivity contribution in [2.75, 3.05) is 13.1 Å². The minimum Gasteiger partial charge on any atom is -0.244 e. The average Bonchev–Trinajstić information content (AvgIpc) is 1.30. The molecule has 1 fully saturated rings. The summed E-state index contributed by atoms with van der Waals surface area (Å²) in [6, 6.07) is 0. The van der Waals surface area contributed by atoms with E-state index in [0.717, 1.165) is 13.1 Å². The summed E-state index contributed by atoms with van der Waals surface area (Å²) in [7, 11) is 0. The van der Waals surface area contributed by atoms with Gasteiger partial charge in [-0.25, -0.2) is 5.43 Å². The second kappa shape index (κ2) is 1.16. The molecule has 0 unspecified atom stereocenters. The highest BCUT2D eigenvalue weighted by Crippen LogP contribution is 1.91. The summed E-state index contributed by atoms with van der Waals surface area (Å²) >= 11 is 3.91. The molecule has 3 heteroatoms. The van der Waals surface area contributed by atoms with Gasteiger partial charge in [-0.15, -0.1) is 0 Å². The summed E-state index contributed by atoms with van der Waals surface area (Å²) in [6.07, 6.45) is 0. The van der Waals surface area contributed by atoms with Crippen LogP contribution < -0.4 is 5.43 Å². The molecule has 0 amide bonds. The SMILES string of the molecule is SN1CCN1. The van der Waals surface area contributed by atoms with Crippen LogP contribution in [-0.4, -0.2) is 17.5 Å². The van der Waals surface area contributed by atoms with Crippen LogP contribution in [0.2, 0.25) is 0 Å². The highest BCUT2D eigenvalue weighted by Gasteiger charge is 2.04. The number of hydrogen-bond acceptors (Lipinski definition) is 3. The zero-order chi connectivity index (χ0) is 3.70. The van der Waals surface area contributed by atoms with Gasteiger partial charge < -0.3 is 0 Å². The molecule has 1 rings (SSSR count). The number of hydrogen-bond donors (Lipinski definition) is 2. The van der Waals surface area contributed by atoms with Gasteiger partial charge in [-0.2, -0.15) is 4.41 Å². The summed E-state index contributed by atoms with van der Waals surface area (Å²) in [5.41, 5.74) is 2.91. The molecule has 30 valence electrons. The second-order valence-electron chi connectivity index (χ2n) is 1.03. The molecule has 0 aromatic carbocycles. The molecule has 5 heavy (non-hydrogen) atoms. The molecule has 2 nitrogen and oxygen atoms in total. The quantitative estimate of drug-likeness (QED) is 0.395. The Balaban J connectivity index is 2.08. The Morgan fingerprint density at radius 1 is 1.80 bits per heavy atom. The standard InChI is InChI=1S/C2H6N2S/c5-4-2-1-3-4/h3,5H,1-2H2. The van der Waals surface area contributed by atoms with E-state index in [-0.39, 0.29) is 0 Å². The van der Waals surface area contributed by atoms with Crippen LogP contribution in [0.5, 0.6) is 0 Å². The van der Waals surface area contributed by atoms with Gasteiger partial charge in [-0.3, -0.25) is 0 Å².